The first-order valence-electron chi connectivity index (χ1n) is 5.73. The number of hydrogen-bond donors (Lipinski definition) is 2. The van der Waals surface area contributed by atoms with Crippen LogP contribution in [0.25, 0.3) is 10.6 Å². The van der Waals surface area contributed by atoms with Crippen molar-refractivity contribution >= 4 is 17.3 Å². The molecular formula is C13H13NO4S. The van der Waals surface area contributed by atoms with Gasteiger partial charge in [0.05, 0.1) is 24.3 Å². The van der Waals surface area contributed by atoms with Crippen molar-refractivity contribution in [2.24, 2.45) is 0 Å². The maximum Gasteiger partial charge on any atom is 0.311 e. The van der Waals surface area contributed by atoms with Crippen LogP contribution in [0.2, 0.25) is 0 Å². The maximum absolute atomic E-state index is 11.3. The van der Waals surface area contributed by atoms with Crippen molar-refractivity contribution in [1.29, 1.82) is 0 Å². The summed E-state index contributed by atoms with van der Waals surface area (Å²) in [4.78, 5) is 15.6. The van der Waals surface area contributed by atoms with Crippen molar-refractivity contribution in [3.05, 3.63) is 29.3 Å². The molecule has 0 atom stereocenters. The number of phenolic OH excluding ortho intramolecular Hbond substituents is 2. The Morgan fingerprint density at radius 1 is 1.37 bits per heavy atom. The van der Waals surface area contributed by atoms with Crippen LogP contribution in [0.4, 0.5) is 0 Å². The van der Waals surface area contributed by atoms with Gasteiger partial charge in [-0.3, -0.25) is 4.79 Å². The van der Waals surface area contributed by atoms with Gasteiger partial charge in [0.25, 0.3) is 0 Å². The molecule has 0 saturated carbocycles. The molecule has 6 heteroatoms. The number of ether oxygens (including phenoxy) is 1. The number of carbonyl (C=O) groups excluding carboxylic acids is 1. The van der Waals surface area contributed by atoms with Crippen molar-refractivity contribution in [3.63, 3.8) is 0 Å². The molecule has 0 aliphatic rings. The summed E-state index contributed by atoms with van der Waals surface area (Å²) in [5.74, 6) is -0.435. The van der Waals surface area contributed by atoms with E-state index in [2.05, 4.69) is 4.98 Å². The van der Waals surface area contributed by atoms with Gasteiger partial charge in [-0.25, -0.2) is 4.98 Å². The minimum Gasteiger partial charge on any atom is -0.507 e. The Kier molecular flexibility index (Phi) is 4.01. The van der Waals surface area contributed by atoms with Crippen LogP contribution in [0.1, 0.15) is 12.6 Å². The molecule has 0 bridgehead atoms. The zero-order valence-electron chi connectivity index (χ0n) is 10.3. The van der Waals surface area contributed by atoms with E-state index in [0.29, 0.717) is 17.3 Å². The van der Waals surface area contributed by atoms with Gasteiger partial charge in [-0.2, -0.15) is 0 Å². The summed E-state index contributed by atoms with van der Waals surface area (Å²) in [6, 6.07) is 4.49. The average Bonchev–Trinajstić information content (AvgIpc) is 2.77. The number of rotatable bonds is 4. The van der Waals surface area contributed by atoms with Gasteiger partial charge in [-0.1, -0.05) is 6.07 Å². The van der Waals surface area contributed by atoms with Crippen molar-refractivity contribution < 1.29 is 19.7 Å². The summed E-state index contributed by atoms with van der Waals surface area (Å²) in [6.07, 6.45) is 0.0820. The fourth-order valence-electron chi connectivity index (χ4n) is 1.61. The van der Waals surface area contributed by atoms with Gasteiger partial charge >= 0.3 is 5.97 Å². The second-order valence-corrected chi connectivity index (χ2v) is 4.66. The lowest BCUT2D eigenvalue weighted by Gasteiger charge is -2.03. The first-order chi connectivity index (χ1) is 9.11. The molecule has 100 valence electrons. The molecule has 0 unspecified atom stereocenters. The number of thiazole rings is 1. The number of benzene rings is 1. The summed E-state index contributed by atoms with van der Waals surface area (Å²) in [7, 11) is 0. The predicted octanol–water partition coefficient (Wildman–Crippen LogP) is 2.33. The Labute approximate surface area is 114 Å². The molecule has 2 rings (SSSR count). The normalized spacial score (nSPS) is 10.4. The van der Waals surface area contributed by atoms with Crippen LogP contribution < -0.4 is 0 Å². The lowest BCUT2D eigenvalue weighted by molar-refractivity contribution is -0.142. The molecule has 1 heterocycles. The number of carbonyl (C=O) groups is 1. The quantitative estimate of drug-likeness (QED) is 0.840. The molecular weight excluding hydrogens is 266 g/mol. The number of hydrogen-bond acceptors (Lipinski definition) is 6. The smallest absolute Gasteiger partial charge is 0.311 e. The minimum absolute atomic E-state index is 0.0444. The van der Waals surface area contributed by atoms with Gasteiger partial charge in [-0.15, -0.1) is 11.3 Å². The minimum atomic E-state index is -0.346. The molecule has 5 nitrogen and oxygen atoms in total. The molecule has 19 heavy (non-hydrogen) atoms. The molecule has 0 radical (unpaired) electrons. The number of esters is 1. The number of phenols is 2. The number of aromatic hydroxyl groups is 2. The van der Waals surface area contributed by atoms with E-state index >= 15 is 0 Å². The van der Waals surface area contributed by atoms with Gasteiger partial charge in [0.15, 0.2) is 0 Å². The Morgan fingerprint density at radius 3 is 2.68 bits per heavy atom. The average molecular weight is 279 g/mol. The third-order valence-corrected chi connectivity index (χ3v) is 3.33. The molecule has 0 spiro atoms. The zero-order valence-corrected chi connectivity index (χ0v) is 11.1. The summed E-state index contributed by atoms with van der Waals surface area (Å²) >= 11 is 1.25. The van der Waals surface area contributed by atoms with Crippen LogP contribution in [0, 0.1) is 0 Å². The van der Waals surface area contributed by atoms with Gasteiger partial charge in [0.1, 0.15) is 16.5 Å². The summed E-state index contributed by atoms with van der Waals surface area (Å²) in [5.41, 5.74) is 0.837. The van der Waals surface area contributed by atoms with E-state index < -0.39 is 0 Å². The third-order valence-electron chi connectivity index (χ3n) is 2.42. The SMILES string of the molecule is CCOC(=O)Cc1csc(-c2c(O)cccc2O)n1. The van der Waals surface area contributed by atoms with Crippen LogP contribution in [0.15, 0.2) is 23.6 Å². The largest absolute Gasteiger partial charge is 0.507 e. The van der Waals surface area contributed by atoms with E-state index in [4.69, 9.17) is 4.74 Å². The van der Waals surface area contributed by atoms with E-state index in [0.717, 1.165) is 0 Å². The van der Waals surface area contributed by atoms with Crippen LogP contribution in [-0.2, 0) is 16.0 Å². The van der Waals surface area contributed by atoms with E-state index in [1.54, 1.807) is 18.4 Å². The lowest BCUT2D eigenvalue weighted by Crippen LogP contribution is -2.07. The molecule has 2 N–H and O–H groups in total. The molecule has 1 aromatic heterocycles. The van der Waals surface area contributed by atoms with Crippen molar-refractivity contribution in [3.8, 4) is 22.1 Å². The Hall–Kier alpha value is -2.08. The van der Waals surface area contributed by atoms with Gasteiger partial charge in [0, 0.05) is 5.38 Å². The summed E-state index contributed by atoms with van der Waals surface area (Å²) in [6.45, 7) is 2.07. The fourth-order valence-corrected chi connectivity index (χ4v) is 2.49. The Bertz CT molecular complexity index is 574. The van der Waals surface area contributed by atoms with Crippen LogP contribution in [0.5, 0.6) is 11.5 Å². The zero-order chi connectivity index (χ0) is 13.8. The molecule has 0 fully saturated rings. The highest BCUT2D eigenvalue weighted by atomic mass is 32.1. The Morgan fingerprint density at radius 2 is 2.05 bits per heavy atom. The highest BCUT2D eigenvalue weighted by Crippen LogP contribution is 2.38. The standard InChI is InChI=1S/C13H13NO4S/c1-2-18-11(17)6-8-7-19-13(14-8)12-9(15)4-3-5-10(12)16/h3-5,7,15-16H,2,6H2,1H3. The summed E-state index contributed by atoms with van der Waals surface area (Å²) < 4.78 is 4.84. The molecule has 0 saturated heterocycles. The number of nitrogens with zero attached hydrogens (tertiary/aromatic N) is 1. The second-order valence-electron chi connectivity index (χ2n) is 3.80. The first-order valence-corrected chi connectivity index (χ1v) is 6.61. The molecule has 2 aromatic rings. The number of aromatic nitrogens is 1. The van der Waals surface area contributed by atoms with E-state index in [-0.39, 0.29) is 29.5 Å². The summed E-state index contributed by atoms with van der Waals surface area (Å²) in [5, 5.41) is 21.6. The monoisotopic (exact) mass is 279 g/mol. The highest BCUT2D eigenvalue weighted by Gasteiger charge is 2.15. The fraction of sp³-hybridized carbons (Fsp3) is 0.231. The Balaban J connectivity index is 2.24. The van der Waals surface area contributed by atoms with Crippen molar-refractivity contribution in [2.75, 3.05) is 6.61 Å². The van der Waals surface area contributed by atoms with Gasteiger partial charge in [-0.05, 0) is 19.1 Å². The van der Waals surface area contributed by atoms with E-state index in [1.165, 1.54) is 23.5 Å². The van der Waals surface area contributed by atoms with Crippen molar-refractivity contribution in [1.82, 2.24) is 4.98 Å². The highest BCUT2D eigenvalue weighted by molar-refractivity contribution is 7.13. The van der Waals surface area contributed by atoms with Gasteiger partial charge < -0.3 is 14.9 Å². The molecule has 0 aliphatic heterocycles. The predicted molar refractivity (Wildman–Crippen MR) is 71.2 cm³/mol. The van der Waals surface area contributed by atoms with Crippen LogP contribution in [0.3, 0.4) is 0 Å². The van der Waals surface area contributed by atoms with Gasteiger partial charge in [0.2, 0.25) is 0 Å². The topological polar surface area (TPSA) is 79.7 Å². The maximum atomic E-state index is 11.3. The molecule has 0 aliphatic carbocycles. The van der Waals surface area contributed by atoms with Crippen molar-refractivity contribution in [2.45, 2.75) is 13.3 Å². The molecule has 1 aromatic carbocycles. The van der Waals surface area contributed by atoms with Crippen LogP contribution >= 0.6 is 11.3 Å². The second kappa shape index (κ2) is 5.71. The van der Waals surface area contributed by atoms with E-state index in [9.17, 15) is 15.0 Å². The lowest BCUT2D eigenvalue weighted by atomic mass is 10.2. The van der Waals surface area contributed by atoms with Crippen LogP contribution in [-0.4, -0.2) is 27.8 Å². The third kappa shape index (κ3) is 3.03. The van der Waals surface area contributed by atoms with E-state index in [1.807, 2.05) is 0 Å². The first kappa shape index (κ1) is 13.4. The molecule has 0 amide bonds.